The third kappa shape index (κ3) is 4.66. The molecule has 0 bridgehead atoms. The molecule has 0 fully saturated rings. The topological polar surface area (TPSA) is 92.3 Å². The van der Waals surface area contributed by atoms with Crippen LogP contribution in [0.2, 0.25) is 0 Å². The highest BCUT2D eigenvalue weighted by Gasteiger charge is 2.35. The van der Waals surface area contributed by atoms with E-state index in [9.17, 15) is 4.79 Å². The van der Waals surface area contributed by atoms with Crippen molar-refractivity contribution in [1.82, 2.24) is 9.58 Å². The highest BCUT2D eigenvalue weighted by molar-refractivity contribution is 8.26. The number of hydrogen-bond donors (Lipinski definition) is 1. The molecule has 1 amide bonds. The Kier molecular flexibility index (Phi) is 6.65. The molecule has 5 rings (SSSR count). The summed E-state index contributed by atoms with van der Waals surface area (Å²) in [6, 6.07) is 15.5. The number of hydrogen-bond acceptors (Lipinski definition) is 6. The minimum atomic E-state index is -0.420. The maximum atomic E-state index is 12.9. The molecule has 1 aromatic heterocycles. The summed E-state index contributed by atoms with van der Waals surface area (Å²) in [5.41, 5.74) is 2.08. The first kappa shape index (κ1) is 23.9. The Morgan fingerprint density at radius 2 is 1.86 bits per heavy atom. The Morgan fingerprint density at radius 3 is 2.64 bits per heavy atom. The molecule has 2 aliphatic heterocycles. The Bertz CT molecular complexity index is 1440. The molecule has 3 heterocycles. The zero-order valence-corrected chi connectivity index (χ0v) is 21.2. The summed E-state index contributed by atoms with van der Waals surface area (Å²) in [6.45, 7) is 5.26. The van der Waals surface area contributed by atoms with Crippen LogP contribution in [0.5, 0.6) is 11.5 Å². The van der Waals surface area contributed by atoms with Crippen LogP contribution < -0.4 is 9.47 Å². The predicted molar refractivity (Wildman–Crippen MR) is 145 cm³/mol. The number of carbonyl (C=O) groups is 1. The van der Waals surface area contributed by atoms with Crippen LogP contribution in [-0.2, 0) is 11.3 Å². The van der Waals surface area contributed by atoms with Gasteiger partial charge in [0.25, 0.3) is 5.91 Å². The summed E-state index contributed by atoms with van der Waals surface area (Å²) in [5, 5.41) is 17.0. The molecule has 0 spiro atoms. The number of amides is 1. The average Bonchev–Trinajstić information content (AvgIpc) is 3.42. The molecule has 2 aromatic carbocycles. The van der Waals surface area contributed by atoms with E-state index in [0.717, 1.165) is 27.9 Å². The fourth-order valence-corrected chi connectivity index (χ4v) is 5.28. The number of nitrogens with one attached hydrogen (secondary N) is 1. The van der Waals surface area contributed by atoms with Crippen molar-refractivity contribution < 1.29 is 14.3 Å². The van der Waals surface area contributed by atoms with Crippen LogP contribution in [0.15, 0.2) is 70.4 Å². The number of aliphatic imine (C=N–C) groups is 1. The molecule has 184 valence electrons. The summed E-state index contributed by atoms with van der Waals surface area (Å²) < 4.78 is 13.4. The van der Waals surface area contributed by atoms with Crippen LogP contribution in [0.1, 0.15) is 25.8 Å². The molecule has 3 aromatic rings. The quantitative estimate of drug-likeness (QED) is 0.418. The SMILES string of the molecule is COc1ccccc1OCCn1cc(/C=C2/C(=N)N3N=C(CC(C)C)SC3=NC2=O)c2ccccc21. The Hall–Kier alpha value is -3.85. The van der Waals surface area contributed by atoms with Gasteiger partial charge >= 0.3 is 0 Å². The van der Waals surface area contributed by atoms with Crippen LogP contribution in [0, 0.1) is 11.3 Å². The van der Waals surface area contributed by atoms with Gasteiger partial charge in [0.05, 0.1) is 19.2 Å². The van der Waals surface area contributed by atoms with Crippen LogP contribution in [0.3, 0.4) is 0 Å². The van der Waals surface area contributed by atoms with Gasteiger partial charge in [-0.25, -0.2) is 0 Å². The largest absolute Gasteiger partial charge is 0.493 e. The second-order valence-electron chi connectivity index (χ2n) is 8.91. The first-order chi connectivity index (χ1) is 17.4. The third-order valence-corrected chi connectivity index (χ3v) is 6.79. The predicted octanol–water partition coefficient (Wildman–Crippen LogP) is 5.39. The van der Waals surface area contributed by atoms with Crippen LogP contribution in [0.4, 0.5) is 0 Å². The molecule has 0 unspecified atom stereocenters. The van der Waals surface area contributed by atoms with Crippen molar-refractivity contribution in [2.75, 3.05) is 13.7 Å². The van der Waals surface area contributed by atoms with Gasteiger partial charge in [-0.3, -0.25) is 10.2 Å². The smallest absolute Gasteiger partial charge is 0.283 e. The van der Waals surface area contributed by atoms with E-state index in [-0.39, 0.29) is 11.4 Å². The van der Waals surface area contributed by atoms with Gasteiger partial charge in [0.2, 0.25) is 5.17 Å². The molecule has 0 atom stereocenters. The van der Waals surface area contributed by atoms with E-state index in [1.54, 1.807) is 13.2 Å². The van der Waals surface area contributed by atoms with Gasteiger partial charge in [0.15, 0.2) is 17.3 Å². The summed E-state index contributed by atoms with van der Waals surface area (Å²) in [5.74, 6) is 1.43. The highest BCUT2D eigenvalue weighted by atomic mass is 32.2. The Labute approximate surface area is 213 Å². The van der Waals surface area contributed by atoms with Crippen LogP contribution in [-0.4, -0.2) is 45.2 Å². The lowest BCUT2D eigenvalue weighted by Crippen LogP contribution is -2.35. The minimum absolute atomic E-state index is 0.0487. The number of ether oxygens (including phenoxy) is 2. The lowest BCUT2D eigenvalue weighted by Gasteiger charge is -2.20. The molecule has 0 saturated heterocycles. The number of fused-ring (bicyclic) bond motifs is 2. The number of aromatic nitrogens is 1. The summed E-state index contributed by atoms with van der Waals surface area (Å²) in [6.07, 6.45) is 4.51. The third-order valence-electron chi connectivity index (χ3n) is 5.86. The maximum absolute atomic E-state index is 12.9. The number of rotatable bonds is 8. The van der Waals surface area contributed by atoms with Crippen LogP contribution in [0.25, 0.3) is 17.0 Å². The van der Waals surface area contributed by atoms with Crippen molar-refractivity contribution in [1.29, 1.82) is 5.41 Å². The molecule has 0 aliphatic carbocycles. The zero-order chi connectivity index (χ0) is 25.2. The first-order valence-corrected chi connectivity index (χ1v) is 12.6. The van der Waals surface area contributed by atoms with Crippen molar-refractivity contribution >= 4 is 50.7 Å². The van der Waals surface area contributed by atoms with Crippen molar-refractivity contribution in [2.45, 2.75) is 26.8 Å². The molecule has 8 nitrogen and oxygen atoms in total. The molecular weight excluding hydrogens is 474 g/mol. The molecule has 1 N–H and O–H groups in total. The number of nitrogens with zero attached hydrogens (tertiary/aromatic N) is 4. The van der Waals surface area contributed by atoms with Gasteiger partial charge in [0, 0.05) is 29.1 Å². The van der Waals surface area contributed by atoms with Gasteiger partial charge in [-0.05, 0) is 42.0 Å². The highest BCUT2D eigenvalue weighted by Crippen LogP contribution is 2.32. The summed E-state index contributed by atoms with van der Waals surface area (Å²) in [7, 11) is 1.62. The van der Waals surface area contributed by atoms with E-state index < -0.39 is 5.91 Å². The fraction of sp³-hybridized carbons (Fsp3) is 0.259. The Balaban J connectivity index is 1.41. The monoisotopic (exact) mass is 501 g/mol. The van der Waals surface area contributed by atoms with E-state index in [2.05, 4.69) is 28.5 Å². The molecule has 36 heavy (non-hydrogen) atoms. The Morgan fingerprint density at radius 1 is 1.11 bits per heavy atom. The fourth-order valence-electron chi connectivity index (χ4n) is 4.19. The lowest BCUT2D eigenvalue weighted by molar-refractivity contribution is -0.114. The minimum Gasteiger partial charge on any atom is -0.493 e. The van der Waals surface area contributed by atoms with Gasteiger partial charge in [-0.15, -0.1) is 0 Å². The van der Waals surface area contributed by atoms with E-state index >= 15 is 0 Å². The second-order valence-corrected chi connectivity index (χ2v) is 9.95. The van der Waals surface area contributed by atoms with Gasteiger partial charge < -0.3 is 14.0 Å². The molecule has 2 aliphatic rings. The van der Waals surface area contributed by atoms with Gasteiger partial charge in [0.1, 0.15) is 11.7 Å². The number of para-hydroxylation sites is 3. The lowest BCUT2D eigenvalue weighted by atomic mass is 10.1. The number of carbonyl (C=O) groups excluding carboxylic acids is 1. The van der Waals surface area contributed by atoms with Gasteiger partial charge in [-0.2, -0.15) is 15.1 Å². The van der Waals surface area contributed by atoms with E-state index in [4.69, 9.17) is 14.9 Å². The van der Waals surface area contributed by atoms with E-state index in [1.165, 1.54) is 16.8 Å². The molecule has 0 saturated carbocycles. The number of hydrazone groups is 1. The molecular formula is C27H27N5O3S. The summed E-state index contributed by atoms with van der Waals surface area (Å²) >= 11 is 1.37. The molecule has 0 radical (unpaired) electrons. The average molecular weight is 502 g/mol. The van der Waals surface area contributed by atoms with Gasteiger partial charge in [-0.1, -0.05) is 44.2 Å². The van der Waals surface area contributed by atoms with Crippen molar-refractivity contribution in [2.24, 2.45) is 16.0 Å². The molecule has 9 heteroatoms. The zero-order valence-electron chi connectivity index (χ0n) is 20.4. The maximum Gasteiger partial charge on any atom is 0.283 e. The number of benzene rings is 2. The van der Waals surface area contributed by atoms with E-state index in [0.29, 0.717) is 35.7 Å². The second kappa shape index (κ2) is 10.0. The number of methoxy groups -OCH3 is 1. The van der Waals surface area contributed by atoms with E-state index in [1.807, 2.05) is 54.7 Å². The first-order valence-electron chi connectivity index (χ1n) is 11.8. The van der Waals surface area contributed by atoms with Crippen molar-refractivity contribution in [3.63, 3.8) is 0 Å². The number of thioether (sulfide) groups is 1. The van der Waals surface area contributed by atoms with Crippen LogP contribution >= 0.6 is 11.8 Å². The van der Waals surface area contributed by atoms with Crippen molar-refractivity contribution in [3.8, 4) is 11.5 Å². The standard InChI is InChI=1S/C27H27N5O3S/c1-17(2)14-24-30-32-25(28)20(26(33)29-27(32)36-24)15-18-16-31(21-9-5-4-8-19(18)21)12-13-35-23-11-7-6-10-22(23)34-3/h4-11,15-17,28H,12-14H2,1-3H3/b20-15-,28-25?. The number of amidine groups is 2. The normalized spacial score (nSPS) is 16.6. The van der Waals surface area contributed by atoms with Crippen molar-refractivity contribution in [3.05, 3.63) is 65.9 Å². The summed E-state index contributed by atoms with van der Waals surface area (Å²) in [4.78, 5) is 17.1.